The topological polar surface area (TPSA) is 139 Å². The largest absolute Gasteiger partial charge is 0.370 e. The summed E-state index contributed by atoms with van der Waals surface area (Å²) < 4.78 is 13.5. The van der Waals surface area contributed by atoms with Gasteiger partial charge < -0.3 is 22.1 Å². The van der Waals surface area contributed by atoms with E-state index in [0.717, 1.165) is 53.4 Å². The molecule has 2 amide bonds. The summed E-state index contributed by atoms with van der Waals surface area (Å²) in [5, 5.41) is 8.21. The standard InChI is InChI=1S/C41H46FN7O2/c1-29(36-9-4-7-33-6-2-3-8-37(33)36)47-40(51)38(10-5-23-46-41(43)44)48-39(50)34-15-11-32(12-16-34)28-49(27-22-31-19-24-45-25-20-31)26-21-30-13-17-35(42)18-14-30/h2-4,6-9,11-20,24-25,29,38H,5,10,21-23,26-28H2,1H3,(H,47,51)(H,48,50)(H4,43,44,46)/t29-,38-/m0/s1. The second kappa shape index (κ2) is 18.4. The van der Waals surface area contributed by atoms with E-state index in [1.807, 2.05) is 85.8 Å². The van der Waals surface area contributed by atoms with Gasteiger partial charge in [0, 0.05) is 44.1 Å². The Balaban J connectivity index is 1.24. The number of hydrogen-bond donors (Lipinski definition) is 4. The van der Waals surface area contributed by atoms with E-state index in [9.17, 15) is 14.0 Å². The van der Waals surface area contributed by atoms with Crippen molar-refractivity contribution in [3.8, 4) is 0 Å². The lowest BCUT2D eigenvalue weighted by Crippen LogP contribution is -2.47. The van der Waals surface area contributed by atoms with Gasteiger partial charge in [-0.3, -0.25) is 24.5 Å². The first-order chi connectivity index (χ1) is 24.7. The Kier molecular flexibility index (Phi) is 13.2. The molecule has 9 nitrogen and oxygen atoms in total. The molecule has 0 saturated heterocycles. The van der Waals surface area contributed by atoms with Crippen molar-refractivity contribution in [1.82, 2.24) is 20.5 Å². The number of carbonyl (C=O) groups is 2. The minimum Gasteiger partial charge on any atom is -0.370 e. The Labute approximate surface area is 299 Å². The van der Waals surface area contributed by atoms with Crippen LogP contribution in [0.1, 0.15) is 58.4 Å². The van der Waals surface area contributed by atoms with E-state index in [0.29, 0.717) is 31.5 Å². The van der Waals surface area contributed by atoms with Gasteiger partial charge in [0.25, 0.3) is 5.91 Å². The number of hydrogen-bond acceptors (Lipinski definition) is 5. The quantitative estimate of drug-likeness (QED) is 0.0563. The first-order valence-electron chi connectivity index (χ1n) is 17.3. The van der Waals surface area contributed by atoms with Crippen LogP contribution in [0.5, 0.6) is 0 Å². The van der Waals surface area contributed by atoms with Crippen LogP contribution in [0.3, 0.4) is 0 Å². The second-order valence-corrected chi connectivity index (χ2v) is 12.7. The third kappa shape index (κ3) is 11.2. The number of aromatic nitrogens is 1. The van der Waals surface area contributed by atoms with Crippen molar-refractivity contribution in [2.75, 3.05) is 19.6 Å². The molecule has 10 heteroatoms. The second-order valence-electron chi connectivity index (χ2n) is 12.7. The van der Waals surface area contributed by atoms with Gasteiger partial charge in [-0.15, -0.1) is 0 Å². The summed E-state index contributed by atoms with van der Waals surface area (Å²) in [6.45, 7) is 4.56. The highest BCUT2D eigenvalue weighted by atomic mass is 19.1. The number of carbonyl (C=O) groups excluding carboxylic acids is 2. The number of nitrogens with one attached hydrogen (secondary N) is 2. The van der Waals surface area contributed by atoms with Crippen LogP contribution in [-0.2, 0) is 24.2 Å². The summed E-state index contributed by atoms with van der Waals surface area (Å²) in [6.07, 6.45) is 6.10. The summed E-state index contributed by atoms with van der Waals surface area (Å²) in [5.74, 6) is -0.884. The van der Waals surface area contributed by atoms with E-state index in [1.54, 1.807) is 24.5 Å². The summed E-state index contributed by atoms with van der Waals surface area (Å²) in [5.41, 5.74) is 15.8. The molecule has 1 heterocycles. The molecule has 0 unspecified atom stereocenters. The van der Waals surface area contributed by atoms with Crippen molar-refractivity contribution in [3.63, 3.8) is 0 Å². The molecular weight excluding hydrogens is 641 g/mol. The Morgan fingerprint density at radius 3 is 2.16 bits per heavy atom. The molecule has 0 saturated carbocycles. The first-order valence-corrected chi connectivity index (χ1v) is 17.3. The lowest BCUT2D eigenvalue weighted by molar-refractivity contribution is -0.123. The summed E-state index contributed by atoms with van der Waals surface area (Å²) in [6, 6.07) is 31.1. The van der Waals surface area contributed by atoms with E-state index in [2.05, 4.69) is 25.5 Å². The molecule has 2 atom stereocenters. The molecule has 5 rings (SSSR count). The van der Waals surface area contributed by atoms with E-state index >= 15 is 0 Å². The molecular formula is C41H46FN7O2. The van der Waals surface area contributed by atoms with Crippen LogP contribution in [0.2, 0.25) is 0 Å². The highest BCUT2D eigenvalue weighted by Gasteiger charge is 2.23. The zero-order chi connectivity index (χ0) is 36.0. The number of fused-ring (bicyclic) bond motifs is 1. The fraction of sp³-hybridized carbons (Fsp3) is 0.268. The van der Waals surface area contributed by atoms with Gasteiger partial charge >= 0.3 is 0 Å². The van der Waals surface area contributed by atoms with Crippen molar-refractivity contribution in [2.24, 2.45) is 16.5 Å². The number of aliphatic imine (C=N–C) groups is 1. The minimum atomic E-state index is -0.793. The number of nitrogens with two attached hydrogens (primary N) is 2. The normalized spacial score (nSPS) is 12.3. The molecule has 0 bridgehead atoms. The molecule has 0 aliphatic heterocycles. The summed E-state index contributed by atoms with van der Waals surface area (Å²) in [4.78, 5) is 37.7. The Bertz CT molecular complexity index is 1890. The van der Waals surface area contributed by atoms with Crippen molar-refractivity contribution < 1.29 is 14.0 Å². The lowest BCUT2D eigenvalue weighted by atomic mass is 9.99. The van der Waals surface area contributed by atoms with Gasteiger partial charge in [-0.2, -0.15) is 0 Å². The molecule has 5 aromatic rings. The van der Waals surface area contributed by atoms with Crippen LogP contribution in [0, 0.1) is 5.82 Å². The van der Waals surface area contributed by atoms with Crippen LogP contribution < -0.4 is 22.1 Å². The van der Waals surface area contributed by atoms with Crippen molar-refractivity contribution >= 4 is 28.5 Å². The minimum absolute atomic E-state index is 0.0175. The fourth-order valence-electron chi connectivity index (χ4n) is 6.10. The number of nitrogens with zero attached hydrogens (tertiary/aromatic N) is 3. The van der Waals surface area contributed by atoms with Gasteiger partial charge in [0.05, 0.1) is 6.04 Å². The predicted molar refractivity (Wildman–Crippen MR) is 201 cm³/mol. The van der Waals surface area contributed by atoms with Crippen LogP contribution in [0.15, 0.2) is 121 Å². The molecule has 51 heavy (non-hydrogen) atoms. The first kappa shape index (κ1) is 36.7. The third-order valence-electron chi connectivity index (χ3n) is 8.93. The number of guanidine groups is 1. The molecule has 0 radical (unpaired) electrons. The van der Waals surface area contributed by atoms with E-state index in [1.165, 1.54) is 17.7 Å². The Morgan fingerprint density at radius 2 is 1.45 bits per heavy atom. The van der Waals surface area contributed by atoms with E-state index in [4.69, 9.17) is 11.5 Å². The molecule has 4 aromatic carbocycles. The van der Waals surface area contributed by atoms with Gasteiger partial charge in [0.2, 0.25) is 5.91 Å². The molecule has 0 spiro atoms. The lowest BCUT2D eigenvalue weighted by Gasteiger charge is -2.23. The number of amides is 2. The Hall–Kier alpha value is -5.61. The molecule has 0 aliphatic carbocycles. The molecule has 0 fully saturated rings. The van der Waals surface area contributed by atoms with E-state index < -0.39 is 6.04 Å². The SMILES string of the molecule is C[C@H](NC(=O)[C@H](CCCN=C(N)N)NC(=O)c1ccc(CN(CCc2ccncc2)CCc2ccc(F)cc2)cc1)c1cccc2ccccc12. The molecule has 1 aromatic heterocycles. The van der Waals surface area contributed by atoms with Gasteiger partial charge in [0.15, 0.2) is 5.96 Å². The van der Waals surface area contributed by atoms with Crippen LogP contribution in [0.4, 0.5) is 4.39 Å². The molecule has 264 valence electrons. The van der Waals surface area contributed by atoms with Crippen LogP contribution >= 0.6 is 0 Å². The Morgan fingerprint density at radius 1 is 0.804 bits per heavy atom. The van der Waals surface area contributed by atoms with Gasteiger partial charge in [-0.25, -0.2) is 4.39 Å². The highest BCUT2D eigenvalue weighted by molar-refractivity contribution is 5.97. The number of rotatable bonds is 17. The zero-order valence-corrected chi connectivity index (χ0v) is 29.0. The number of pyridine rings is 1. The number of halogens is 1. The van der Waals surface area contributed by atoms with Crippen molar-refractivity contribution in [1.29, 1.82) is 0 Å². The fourth-order valence-corrected chi connectivity index (χ4v) is 6.10. The predicted octanol–water partition coefficient (Wildman–Crippen LogP) is 5.69. The van der Waals surface area contributed by atoms with Crippen LogP contribution in [-0.4, -0.2) is 53.3 Å². The van der Waals surface area contributed by atoms with Gasteiger partial charge in [0.1, 0.15) is 11.9 Å². The molecule has 0 aliphatic rings. The van der Waals surface area contributed by atoms with Crippen molar-refractivity contribution in [3.05, 3.63) is 149 Å². The molecule has 6 N–H and O–H groups in total. The van der Waals surface area contributed by atoms with E-state index in [-0.39, 0.29) is 29.6 Å². The number of benzene rings is 4. The summed E-state index contributed by atoms with van der Waals surface area (Å²) in [7, 11) is 0. The van der Waals surface area contributed by atoms with Gasteiger partial charge in [-0.05, 0) is 102 Å². The summed E-state index contributed by atoms with van der Waals surface area (Å²) >= 11 is 0. The third-order valence-corrected chi connectivity index (χ3v) is 8.93. The highest BCUT2D eigenvalue weighted by Crippen LogP contribution is 2.24. The van der Waals surface area contributed by atoms with Crippen molar-refractivity contribution in [2.45, 2.75) is 51.2 Å². The maximum atomic E-state index is 13.6. The maximum absolute atomic E-state index is 13.6. The monoisotopic (exact) mass is 687 g/mol. The average molecular weight is 688 g/mol. The smallest absolute Gasteiger partial charge is 0.251 e. The zero-order valence-electron chi connectivity index (χ0n) is 29.0. The maximum Gasteiger partial charge on any atom is 0.251 e. The van der Waals surface area contributed by atoms with Crippen LogP contribution in [0.25, 0.3) is 10.8 Å². The average Bonchev–Trinajstić information content (AvgIpc) is 3.14. The van der Waals surface area contributed by atoms with Gasteiger partial charge in [-0.1, -0.05) is 66.7 Å².